The van der Waals surface area contributed by atoms with Gasteiger partial charge in [-0.05, 0) is 38.0 Å². The van der Waals surface area contributed by atoms with Gasteiger partial charge in [0.15, 0.2) is 6.10 Å². The minimum Gasteiger partial charge on any atom is -0.449 e. The van der Waals surface area contributed by atoms with Crippen molar-refractivity contribution in [2.45, 2.75) is 50.7 Å². The van der Waals surface area contributed by atoms with E-state index in [0.29, 0.717) is 23.4 Å². The van der Waals surface area contributed by atoms with Crippen LogP contribution in [-0.4, -0.2) is 35.8 Å². The molecular formula is C18H23N3O3S. The Labute approximate surface area is 152 Å². The Balaban J connectivity index is 2.19. The van der Waals surface area contributed by atoms with Gasteiger partial charge in [0.2, 0.25) is 0 Å². The molecule has 1 aliphatic carbocycles. The summed E-state index contributed by atoms with van der Waals surface area (Å²) < 4.78 is 5.29. The normalized spacial score (nSPS) is 14.7. The van der Waals surface area contributed by atoms with Crippen LogP contribution in [0.25, 0.3) is 0 Å². The summed E-state index contributed by atoms with van der Waals surface area (Å²) >= 11 is 1.33. The number of ether oxygens (including phenoxy) is 1. The van der Waals surface area contributed by atoms with Gasteiger partial charge in [-0.15, -0.1) is 11.8 Å². The van der Waals surface area contributed by atoms with E-state index in [1.54, 1.807) is 6.07 Å². The number of aromatic nitrogens is 1. The van der Waals surface area contributed by atoms with Crippen LogP contribution in [-0.2, 0) is 9.53 Å². The first kappa shape index (κ1) is 19.3. The van der Waals surface area contributed by atoms with Crippen LogP contribution in [0.2, 0.25) is 0 Å². The van der Waals surface area contributed by atoms with Crippen LogP contribution in [0.1, 0.15) is 61.1 Å². The highest BCUT2D eigenvalue weighted by Crippen LogP contribution is 2.40. The molecule has 0 bridgehead atoms. The van der Waals surface area contributed by atoms with Crippen molar-refractivity contribution in [3.8, 4) is 6.07 Å². The van der Waals surface area contributed by atoms with Crippen LogP contribution in [0.4, 0.5) is 0 Å². The average molecular weight is 361 g/mol. The standard InChI is InChI=1S/C18H23N3O3S/c1-10(2)9-20-16(22)11(3)24-18(23)13-7-15(12-5-6-12)21-17(25-4)14(13)8-19/h7,10-12H,5-6,9H2,1-4H3,(H,20,22). The molecule has 1 heterocycles. The Bertz CT molecular complexity index is 708. The first-order valence-corrected chi connectivity index (χ1v) is 9.57. The van der Waals surface area contributed by atoms with E-state index in [9.17, 15) is 14.9 Å². The Kier molecular flexibility index (Phi) is 6.43. The van der Waals surface area contributed by atoms with Crippen molar-refractivity contribution in [3.63, 3.8) is 0 Å². The van der Waals surface area contributed by atoms with E-state index in [0.717, 1.165) is 18.5 Å². The molecule has 1 aliphatic rings. The molecule has 1 unspecified atom stereocenters. The summed E-state index contributed by atoms with van der Waals surface area (Å²) in [7, 11) is 0. The lowest BCUT2D eigenvalue weighted by Crippen LogP contribution is -2.37. The van der Waals surface area contributed by atoms with E-state index in [2.05, 4.69) is 10.3 Å². The summed E-state index contributed by atoms with van der Waals surface area (Å²) in [5.41, 5.74) is 1.20. The van der Waals surface area contributed by atoms with Gasteiger partial charge < -0.3 is 10.1 Å². The predicted molar refractivity (Wildman–Crippen MR) is 95.4 cm³/mol. The summed E-state index contributed by atoms with van der Waals surface area (Å²) in [6.45, 7) is 6.01. The monoisotopic (exact) mass is 361 g/mol. The van der Waals surface area contributed by atoms with Crippen molar-refractivity contribution in [1.29, 1.82) is 5.26 Å². The summed E-state index contributed by atoms with van der Waals surface area (Å²) in [4.78, 5) is 29.0. The highest BCUT2D eigenvalue weighted by Gasteiger charge is 2.29. The first-order chi connectivity index (χ1) is 11.9. The van der Waals surface area contributed by atoms with E-state index in [1.165, 1.54) is 18.7 Å². The van der Waals surface area contributed by atoms with Crippen molar-refractivity contribution < 1.29 is 14.3 Å². The fraction of sp³-hybridized carbons (Fsp3) is 0.556. The number of nitriles is 1. The highest BCUT2D eigenvalue weighted by atomic mass is 32.2. The number of esters is 1. The van der Waals surface area contributed by atoms with E-state index in [4.69, 9.17) is 4.74 Å². The molecule has 1 fully saturated rings. The van der Waals surface area contributed by atoms with Gasteiger partial charge in [-0.25, -0.2) is 9.78 Å². The Hall–Kier alpha value is -2.07. The summed E-state index contributed by atoms with van der Waals surface area (Å²) in [5.74, 6) is -0.357. The molecule has 1 atom stereocenters. The number of nitrogens with one attached hydrogen (secondary N) is 1. The summed E-state index contributed by atoms with van der Waals surface area (Å²) in [6, 6.07) is 3.68. The van der Waals surface area contributed by atoms with Gasteiger partial charge >= 0.3 is 5.97 Å². The van der Waals surface area contributed by atoms with Crippen molar-refractivity contribution in [2.24, 2.45) is 5.92 Å². The van der Waals surface area contributed by atoms with Gasteiger partial charge in [0.05, 0.1) is 11.1 Å². The molecule has 1 aromatic rings. The molecule has 0 spiro atoms. The fourth-order valence-electron chi connectivity index (χ4n) is 2.27. The third-order valence-electron chi connectivity index (χ3n) is 3.86. The molecule has 1 N–H and O–H groups in total. The third kappa shape index (κ3) is 4.95. The number of carbonyl (C=O) groups excluding carboxylic acids is 2. The largest absolute Gasteiger partial charge is 0.449 e. The Morgan fingerprint density at radius 1 is 1.44 bits per heavy atom. The van der Waals surface area contributed by atoms with Crippen LogP contribution >= 0.6 is 11.8 Å². The minimum atomic E-state index is -0.923. The molecular weight excluding hydrogens is 338 g/mol. The van der Waals surface area contributed by atoms with Crippen LogP contribution in [0.5, 0.6) is 0 Å². The molecule has 0 aliphatic heterocycles. The number of rotatable bonds is 7. The second-order valence-corrected chi connectivity index (χ2v) is 7.35. The van der Waals surface area contributed by atoms with E-state index >= 15 is 0 Å². The third-order valence-corrected chi connectivity index (χ3v) is 4.55. The number of carbonyl (C=O) groups is 2. The molecule has 134 valence electrons. The molecule has 0 radical (unpaired) electrons. The summed E-state index contributed by atoms with van der Waals surface area (Å²) in [6.07, 6.45) is 2.97. The van der Waals surface area contributed by atoms with Crippen molar-refractivity contribution in [1.82, 2.24) is 10.3 Å². The number of amides is 1. The zero-order chi connectivity index (χ0) is 18.6. The lowest BCUT2D eigenvalue weighted by atomic mass is 10.1. The van der Waals surface area contributed by atoms with Gasteiger partial charge in [-0.3, -0.25) is 4.79 Å². The van der Waals surface area contributed by atoms with Gasteiger partial charge in [-0.1, -0.05) is 13.8 Å². The van der Waals surface area contributed by atoms with E-state index < -0.39 is 12.1 Å². The fourth-order valence-corrected chi connectivity index (χ4v) is 2.83. The second kappa shape index (κ2) is 8.34. The van der Waals surface area contributed by atoms with Gasteiger partial charge in [0, 0.05) is 18.2 Å². The first-order valence-electron chi connectivity index (χ1n) is 8.35. The van der Waals surface area contributed by atoms with Crippen molar-refractivity contribution >= 4 is 23.6 Å². The number of thioether (sulfide) groups is 1. The number of pyridine rings is 1. The van der Waals surface area contributed by atoms with Crippen LogP contribution in [0.3, 0.4) is 0 Å². The maximum atomic E-state index is 12.6. The lowest BCUT2D eigenvalue weighted by molar-refractivity contribution is -0.129. The maximum Gasteiger partial charge on any atom is 0.340 e. The van der Waals surface area contributed by atoms with Crippen molar-refractivity contribution in [3.05, 3.63) is 22.9 Å². The van der Waals surface area contributed by atoms with Gasteiger partial charge in [-0.2, -0.15) is 5.26 Å². The van der Waals surface area contributed by atoms with Crippen LogP contribution in [0, 0.1) is 17.2 Å². The van der Waals surface area contributed by atoms with Gasteiger partial charge in [0.1, 0.15) is 11.1 Å². The second-order valence-electron chi connectivity index (χ2n) is 6.55. The smallest absolute Gasteiger partial charge is 0.340 e. The molecule has 6 nitrogen and oxygen atoms in total. The lowest BCUT2D eigenvalue weighted by Gasteiger charge is -2.16. The highest BCUT2D eigenvalue weighted by molar-refractivity contribution is 7.98. The molecule has 7 heteroatoms. The van der Waals surface area contributed by atoms with Gasteiger partial charge in [0.25, 0.3) is 5.91 Å². The Morgan fingerprint density at radius 2 is 2.12 bits per heavy atom. The average Bonchev–Trinajstić information content (AvgIpc) is 3.42. The minimum absolute atomic E-state index is 0.187. The molecule has 1 saturated carbocycles. The molecule has 2 rings (SSSR count). The van der Waals surface area contributed by atoms with Crippen molar-refractivity contribution in [2.75, 3.05) is 12.8 Å². The molecule has 0 aromatic carbocycles. The van der Waals surface area contributed by atoms with Crippen LogP contribution < -0.4 is 5.32 Å². The topological polar surface area (TPSA) is 92.1 Å². The number of hydrogen-bond donors (Lipinski definition) is 1. The molecule has 1 aromatic heterocycles. The maximum absolute atomic E-state index is 12.6. The molecule has 25 heavy (non-hydrogen) atoms. The van der Waals surface area contributed by atoms with E-state index in [1.807, 2.05) is 26.2 Å². The Morgan fingerprint density at radius 3 is 2.64 bits per heavy atom. The quantitative estimate of drug-likeness (QED) is 0.593. The molecule has 1 amide bonds. The van der Waals surface area contributed by atoms with Crippen LogP contribution in [0.15, 0.2) is 11.1 Å². The zero-order valence-corrected chi connectivity index (χ0v) is 15.8. The predicted octanol–water partition coefficient (Wildman–Crippen LogP) is 2.87. The number of hydrogen-bond acceptors (Lipinski definition) is 6. The van der Waals surface area contributed by atoms with E-state index in [-0.39, 0.29) is 17.0 Å². The summed E-state index contributed by atoms with van der Waals surface area (Å²) in [5, 5.41) is 12.7. The molecule has 0 saturated heterocycles. The number of nitrogens with zero attached hydrogens (tertiary/aromatic N) is 2. The zero-order valence-electron chi connectivity index (χ0n) is 15.0. The SMILES string of the molecule is CSc1nc(C2CC2)cc(C(=O)OC(C)C(=O)NCC(C)C)c1C#N.